The Morgan fingerprint density at radius 3 is 2.80 bits per heavy atom. The zero-order valence-electron chi connectivity index (χ0n) is 5.46. The van der Waals surface area contributed by atoms with Gasteiger partial charge in [0.15, 0.2) is 0 Å². The van der Waals surface area contributed by atoms with Crippen molar-refractivity contribution >= 4 is 24.2 Å². The number of nitrogens with one attached hydrogen (secondary N) is 1. The Labute approximate surface area is 60.5 Å². The third kappa shape index (κ3) is 0.653. The lowest BCUT2D eigenvalue weighted by Gasteiger charge is -1.87. The normalized spacial score (nSPS) is 10.4. The summed E-state index contributed by atoms with van der Waals surface area (Å²) < 4.78 is 0. The van der Waals surface area contributed by atoms with E-state index in [1.54, 1.807) is 0 Å². The third-order valence-corrected chi connectivity index (χ3v) is 1.62. The molecule has 0 unspecified atom stereocenters. The van der Waals surface area contributed by atoms with Crippen molar-refractivity contribution < 1.29 is 0 Å². The number of para-hydroxylation sites is 1. The molecule has 0 saturated carbocycles. The fraction of sp³-hybridized carbons (Fsp3) is 0. The van der Waals surface area contributed by atoms with Crippen LogP contribution in [-0.2, 0) is 0 Å². The van der Waals surface area contributed by atoms with Gasteiger partial charge in [-0.25, -0.2) is 0 Å². The van der Waals surface area contributed by atoms with Gasteiger partial charge in [-0.3, -0.25) is 0 Å². The van der Waals surface area contributed by atoms with Crippen molar-refractivity contribution in [3.05, 3.63) is 30.5 Å². The second kappa shape index (κ2) is 1.91. The number of benzene rings is 1. The number of aromatic amines is 1. The van der Waals surface area contributed by atoms with E-state index in [9.17, 15) is 0 Å². The molecule has 0 fully saturated rings. The minimum Gasteiger partial charge on any atom is -0.362 e. The van der Waals surface area contributed by atoms with Gasteiger partial charge in [-0.15, -0.1) is 0 Å². The molecule has 1 nitrogen and oxygen atoms in total. The number of hydrogen-bond acceptors (Lipinski definition) is 0. The maximum absolute atomic E-state index is 5.64. The summed E-state index contributed by atoms with van der Waals surface area (Å²) >= 11 is 0. The van der Waals surface area contributed by atoms with Crippen LogP contribution in [0.5, 0.6) is 0 Å². The molecular formula is C8H6BN. The molecule has 0 saturated heterocycles. The van der Waals surface area contributed by atoms with Gasteiger partial charge in [0, 0.05) is 5.52 Å². The predicted molar refractivity (Wildman–Crippen MR) is 43.7 cm³/mol. The number of rotatable bonds is 0. The summed E-state index contributed by atoms with van der Waals surface area (Å²) in [5, 5.41) is 1.10. The first-order valence-corrected chi connectivity index (χ1v) is 3.19. The highest BCUT2D eigenvalue weighted by Crippen LogP contribution is 2.06. The van der Waals surface area contributed by atoms with Gasteiger partial charge in [0.2, 0.25) is 0 Å². The SMILES string of the molecule is [B]c1c[nH]c2ccccc12. The monoisotopic (exact) mass is 127 g/mol. The molecule has 2 rings (SSSR count). The van der Waals surface area contributed by atoms with E-state index in [0.29, 0.717) is 0 Å². The summed E-state index contributed by atoms with van der Waals surface area (Å²) in [6, 6.07) is 7.97. The van der Waals surface area contributed by atoms with Gasteiger partial charge in [-0.1, -0.05) is 23.7 Å². The number of aromatic nitrogens is 1. The molecule has 2 heteroatoms. The Kier molecular flexibility index (Phi) is 1.07. The Morgan fingerprint density at radius 2 is 2.00 bits per heavy atom. The van der Waals surface area contributed by atoms with Gasteiger partial charge < -0.3 is 4.98 Å². The van der Waals surface area contributed by atoms with Crippen LogP contribution in [0.4, 0.5) is 0 Å². The van der Waals surface area contributed by atoms with Gasteiger partial charge in [-0.05, 0) is 17.6 Å². The zero-order chi connectivity index (χ0) is 6.97. The van der Waals surface area contributed by atoms with E-state index in [4.69, 9.17) is 7.85 Å². The Hall–Kier alpha value is -1.18. The minimum atomic E-state index is 0.815. The van der Waals surface area contributed by atoms with E-state index < -0.39 is 0 Å². The fourth-order valence-corrected chi connectivity index (χ4v) is 1.09. The zero-order valence-corrected chi connectivity index (χ0v) is 5.46. The smallest absolute Gasteiger partial charge is 0.116 e. The summed E-state index contributed by atoms with van der Waals surface area (Å²) in [5.74, 6) is 0. The quantitative estimate of drug-likeness (QED) is 0.507. The van der Waals surface area contributed by atoms with E-state index in [1.807, 2.05) is 30.5 Å². The fourth-order valence-electron chi connectivity index (χ4n) is 1.09. The van der Waals surface area contributed by atoms with Crippen molar-refractivity contribution in [2.24, 2.45) is 0 Å². The lowest BCUT2D eigenvalue weighted by Crippen LogP contribution is -1.96. The van der Waals surface area contributed by atoms with Crippen LogP contribution in [0.2, 0.25) is 0 Å². The molecule has 1 N–H and O–H groups in total. The van der Waals surface area contributed by atoms with Crippen LogP contribution in [0.3, 0.4) is 0 Å². The van der Waals surface area contributed by atoms with Crippen LogP contribution < -0.4 is 5.46 Å². The first-order valence-electron chi connectivity index (χ1n) is 3.19. The van der Waals surface area contributed by atoms with Crippen molar-refractivity contribution in [2.75, 3.05) is 0 Å². The average Bonchev–Trinajstić information content (AvgIpc) is 2.34. The number of hydrogen-bond donors (Lipinski definition) is 1. The molecule has 0 aliphatic rings. The van der Waals surface area contributed by atoms with E-state index in [0.717, 1.165) is 16.4 Å². The Morgan fingerprint density at radius 1 is 1.20 bits per heavy atom. The van der Waals surface area contributed by atoms with Gasteiger partial charge in [0.25, 0.3) is 0 Å². The molecule has 2 aromatic rings. The maximum atomic E-state index is 5.64. The van der Waals surface area contributed by atoms with Crippen LogP contribution >= 0.6 is 0 Å². The molecule has 46 valence electrons. The molecule has 0 atom stereocenters. The second-order valence-electron chi connectivity index (χ2n) is 2.29. The van der Waals surface area contributed by atoms with Crippen LogP contribution in [0, 0.1) is 0 Å². The lowest BCUT2D eigenvalue weighted by atomic mass is 9.96. The topological polar surface area (TPSA) is 15.8 Å². The highest BCUT2D eigenvalue weighted by Gasteiger charge is 1.93. The summed E-state index contributed by atoms with van der Waals surface area (Å²) in [7, 11) is 5.64. The first-order chi connectivity index (χ1) is 4.88. The molecule has 0 amide bonds. The number of fused-ring (bicyclic) bond motifs is 1. The predicted octanol–water partition coefficient (Wildman–Crippen LogP) is 0.962. The summed E-state index contributed by atoms with van der Waals surface area (Å²) in [6.45, 7) is 0. The van der Waals surface area contributed by atoms with Crippen molar-refractivity contribution in [1.82, 2.24) is 4.98 Å². The molecule has 1 heterocycles. The van der Waals surface area contributed by atoms with Crippen LogP contribution in [-0.4, -0.2) is 12.8 Å². The minimum absolute atomic E-state index is 0.815. The van der Waals surface area contributed by atoms with Crippen LogP contribution in [0.25, 0.3) is 10.9 Å². The highest BCUT2D eigenvalue weighted by atomic mass is 14.7. The van der Waals surface area contributed by atoms with Gasteiger partial charge in [-0.2, -0.15) is 0 Å². The van der Waals surface area contributed by atoms with Crippen molar-refractivity contribution in [1.29, 1.82) is 0 Å². The number of H-pyrrole nitrogens is 1. The van der Waals surface area contributed by atoms with Crippen LogP contribution in [0.15, 0.2) is 30.5 Å². The largest absolute Gasteiger partial charge is 0.362 e. The molecule has 0 spiro atoms. The Bertz CT molecular complexity index is 351. The molecule has 0 bridgehead atoms. The van der Waals surface area contributed by atoms with E-state index in [-0.39, 0.29) is 0 Å². The standard InChI is InChI=1S/C8H6BN/c9-7-5-10-8-4-2-1-3-6(7)8/h1-5,10H. The summed E-state index contributed by atoms with van der Waals surface area (Å²) in [5.41, 5.74) is 1.91. The molecule has 1 aromatic heterocycles. The molecule has 10 heavy (non-hydrogen) atoms. The molecule has 1 aromatic carbocycles. The molecule has 2 radical (unpaired) electrons. The second-order valence-corrected chi connectivity index (χ2v) is 2.29. The average molecular weight is 127 g/mol. The van der Waals surface area contributed by atoms with Crippen molar-refractivity contribution in [3.63, 3.8) is 0 Å². The molecule has 0 aliphatic carbocycles. The van der Waals surface area contributed by atoms with E-state index >= 15 is 0 Å². The molecular weight excluding hydrogens is 121 g/mol. The summed E-state index contributed by atoms with van der Waals surface area (Å²) in [4.78, 5) is 3.06. The van der Waals surface area contributed by atoms with Gasteiger partial charge in [0.1, 0.15) is 7.85 Å². The Balaban J connectivity index is 2.93. The lowest BCUT2D eigenvalue weighted by molar-refractivity contribution is 1.49. The van der Waals surface area contributed by atoms with Crippen LogP contribution in [0.1, 0.15) is 0 Å². The van der Waals surface area contributed by atoms with Crippen molar-refractivity contribution in [2.45, 2.75) is 0 Å². The van der Waals surface area contributed by atoms with Gasteiger partial charge in [0.05, 0.1) is 0 Å². The maximum Gasteiger partial charge on any atom is 0.116 e. The third-order valence-electron chi connectivity index (χ3n) is 1.62. The molecule has 0 aliphatic heterocycles. The first kappa shape index (κ1) is 5.60. The van der Waals surface area contributed by atoms with E-state index in [1.165, 1.54) is 0 Å². The van der Waals surface area contributed by atoms with Crippen molar-refractivity contribution in [3.8, 4) is 0 Å². The highest BCUT2D eigenvalue weighted by molar-refractivity contribution is 6.38. The van der Waals surface area contributed by atoms with E-state index in [2.05, 4.69) is 4.98 Å². The van der Waals surface area contributed by atoms with Gasteiger partial charge >= 0.3 is 0 Å². The summed E-state index contributed by atoms with van der Waals surface area (Å²) in [6.07, 6.45) is 1.81.